The molecule has 5 nitrogen and oxygen atoms in total. The molecule has 1 saturated heterocycles. The maximum absolute atomic E-state index is 12.6. The third kappa shape index (κ3) is 4.26. The minimum Gasteiger partial charge on any atom is -0.316 e. The Labute approximate surface area is 128 Å². The smallest absolute Gasteiger partial charge is 0.218 e. The topological polar surface area (TPSA) is 52.7 Å². The third-order valence-corrected chi connectivity index (χ3v) is 5.80. The van der Waals surface area contributed by atoms with E-state index in [0.717, 1.165) is 30.8 Å². The summed E-state index contributed by atoms with van der Waals surface area (Å²) in [6.45, 7) is 4.89. The van der Waals surface area contributed by atoms with E-state index >= 15 is 0 Å². The summed E-state index contributed by atoms with van der Waals surface area (Å²) in [4.78, 5) is 2.17. The number of piperazine rings is 1. The summed E-state index contributed by atoms with van der Waals surface area (Å²) in [6.07, 6.45) is 0. The van der Waals surface area contributed by atoms with Crippen LogP contribution in [0.1, 0.15) is 18.1 Å². The van der Waals surface area contributed by atoms with Crippen molar-refractivity contribution in [3.05, 3.63) is 35.4 Å². The zero-order valence-electron chi connectivity index (χ0n) is 13.0. The highest BCUT2D eigenvalue weighted by Gasteiger charge is 2.31. The van der Waals surface area contributed by atoms with Crippen molar-refractivity contribution in [3.63, 3.8) is 0 Å². The molecule has 1 aromatic rings. The zero-order chi connectivity index (χ0) is 15.5. The van der Waals surface area contributed by atoms with Crippen LogP contribution in [0.25, 0.3) is 0 Å². The van der Waals surface area contributed by atoms with Gasteiger partial charge in [0.15, 0.2) is 0 Å². The number of hydrogen-bond donors (Lipinski definition) is 1. The van der Waals surface area contributed by atoms with Crippen molar-refractivity contribution in [1.29, 1.82) is 0 Å². The van der Waals surface area contributed by atoms with Crippen molar-refractivity contribution >= 4 is 10.0 Å². The lowest BCUT2D eigenvalue weighted by Gasteiger charge is -2.37. The van der Waals surface area contributed by atoms with Crippen molar-refractivity contribution in [2.75, 3.05) is 33.7 Å². The van der Waals surface area contributed by atoms with Gasteiger partial charge in [-0.15, -0.1) is 0 Å². The van der Waals surface area contributed by atoms with Crippen molar-refractivity contribution in [1.82, 2.24) is 14.5 Å². The highest BCUT2D eigenvalue weighted by Crippen LogP contribution is 2.18. The number of nitrogens with zero attached hydrogens (tertiary/aromatic N) is 2. The van der Waals surface area contributed by atoms with Crippen molar-refractivity contribution < 1.29 is 8.42 Å². The van der Waals surface area contributed by atoms with Crippen LogP contribution in [0.5, 0.6) is 0 Å². The molecule has 1 aliphatic heterocycles. The Kier molecular flexibility index (Phi) is 5.37. The SMILES string of the molecule is CNCc1cccc(CS(=O)(=O)N2CCN(C)CC2C)c1. The van der Waals surface area contributed by atoms with Crippen LogP contribution in [0.15, 0.2) is 24.3 Å². The van der Waals surface area contributed by atoms with Crippen molar-refractivity contribution in [3.8, 4) is 0 Å². The monoisotopic (exact) mass is 311 g/mol. The van der Waals surface area contributed by atoms with E-state index in [1.807, 2.05) is 45.3 Å². The van der Waals surface area contributed by atoms with Gasteiger partial charge in [0, 0.05) is 32.2 Å². The van der Waals surface area contributed by atoms with Gasteiger partial charge in [-0.3, -0.25) is 0 Å². The maximum atomic E-state index is 12.6. The first-order chi connectivity index (χ1) is 9.92. The minimum atomic E-state index is -3.25. The molecule has 1 fully saturated rings. The third-order valence-electron chi connectivity index (χ3n) is 3.85. The van der Waals surface area contributed by atoms with Crippen LogP contribution in [-0.2, 0) is 22.3 Å². The quantitative estimate of drug-likeness (QED) is 0.877. The number of rotatable bonds is 5. The molecular formula is C15H25N3O2S. The van der Waals surface area contributed by atoms with E-state index in [4.69, 9.17) is 0 Å². The minimum absolute atomic E-state index is 0.0363. The molecule has 1 atom stereocenters. The fraction of sp³-hybridized carbons (Fsp3) is 0.600. The fourth-order valence-corrected chi connectivity index (χ4v) is 4.60. The molecule has 0 radical (unpaired) electrons. The van der Waals surface area contributed by atoms with Crippen molar-refractivity contribution in [2.24, 2.45) is 0 Å². The Balaban J connectivity index is 2.12. The van der Waals surface area contributed by atoms with Crippen LogP contribution < -0.4 is 5.32 Å². The molecule has 1 aliphatic rings. The first-order valence-corrected chi connectivity index (χ1v) is 8.94. The van der Waals surface area contributed by atoms with Crippen LogP contribution in [0.3, 0.4) is 0 Å². The Hall–Kier alpha value is -0.950. The molecule has 1 unspecified atom stereocenters. The van der Waals surface area contributed by atoms with E-state index in [0.29, 0.717) is 6.54 Å². The molecule has 118 valence electrons. The highest BCUT2D eigenvalue weighted by atomic mass is 32.2. The molecule has 0 spiro atoms. The molecule has 0 amide bonds. The molecule has 0 saturated carbocycles. The van der Waals surface area contributed by atoms with Gasteiger partial charge in [0.2, 0.25) is 10.0 Å². The summed E-state index contributed by atoms with van der Waals surface area (Å²) < 4.78 is 26.9. The van der Waals surface area contributed by atoms with Gasteiger partial charge in [0.25, 0.3) is 0 Å². The Morgan fingerprint density at radius 2 is 2.00 bits per heavy atom. The fourth-order valence-electron chi connectivity index (χ4n) is 2.86. The first-order valence-electron chi connectivity index (χ1n) is 7.33. The summed E-state index contributed by atoms with van der Waals surface area (Å²) in [7, 11) is 0.659. The number of sulfonamides is 1. The van der Waals surface area contributed by atoms with Crippen LogP contribution in [-0.4, -0.2) is 57.4 Å². The summed E-state index contributed by atoms with van der Waals surface area (Å²) in [5.74, 6) is 0.0820. The summed E-state index contributed by atoms with van der Waals surface area (Å²) in [5.41, 5.74) is 1.96. The Morgan fingerprint density at radius 3 is 2.67 bits per heavy atom. The molecule has 21 heavy (non-hydrogen) atoms. The number of hydrogen-bond acceptors (Lipinski definition) is 4. The molecule has 2 rings (SSSR count). The predicted molar refractivity (Wildman–Crippen MR) is 85.5 cm³/mol. The molecular weight excluding hydrogens is 286 g/mol. The van der Waals surface area contributed by atoms with Gasteiger partial charge in [0.1, 0.15) is 0 Å². The molecule has 0 bridgehead atoms. The highest BCUT2D eigenvalue weighted by molar-refractivity contribution is 7.88. The van der Waals surface area contributed by atoms with E-state index < -0.39 is 10.0 Å². The lowest BCUT2D eigenvalue weighted by Crippen LogP contribution is -2.52. The molecule has 6 heteroatoms. The number of benzene rings is 1. The summed E-state index contributed by atoms with van der Waals surface area (Å²) in [6, 6.07) is 7.82. The van der Waals surface area contributed by atoms with E-state index in [-0.39, 0.29) is 11.8 Å². The molecule has 0 aromatic heterocycles. The summed E-state index contributed by atoms with van der Waals surface area (Å²) in [5, 5.41) is 3.08. The van der Waals surface area contributed by atoms with Crippen molar-refractivity contribution in [2.45, 2.75) is 25.3 Å². The normalized spacial score (nSPS) is 21.6. The van der Waals surface area contributed by atoms with Crippen LogP contribution in [0, 0.1) is 0 Å². The van der Waals surface area contributed by atoms with E-state index in [1.54, 1.807) is 4.31 Å². The van der Waals surface area contributed by atoms with Gasteiger partial charge in [-0.1, -0.05) is 24.3 Å². The second-order valence-electron chi connectivity index (χ2n) is 5.83. The molecule has 1 N–H and O–H groups in total. The van der Waals surface area contributed by atoms with Gasteiger partial charge in [-0.25, -0.2) is 8.42 Å². The Morgan fingerprint density at radius 1 is 1.29 bits per heavy atom. The number of likely N-dealkylation sites (N-methyl/N-ethyl adjacent to an activating group) is 1. The maximum Gasteiger partial charge on any atom is 0.218 e. The second-order valence-corrected chi connectivity index (χ2v) is 7.75. The van der Waals surface area contributed by atoms with E-state index in [1.165, 1.54) is 0 Å². The Bertz CT molecular complexity index is 574. The average molecular weight is 311 g/mol. The average Bonchev–Trinajstić information content (AvgIpc) is 2.38. The largest absolute Gasteiger partial charge is 0.316 e. The first kappa shape index (κ1) is 16.4. The van der Waals surface area contributed by atoms with Gasteiger partial charge in [-0.2, -0.15) is 4.31 Å². The standard InChI is InChI=1S/C15H25N3O2S/c1-13-11-17(3)7-8-18(13)21(19,20)12-15-6-4-5-14(9-15)10-16-2/h4-6,9,13,16H,7-8,10-12H2,1-3H3. The summed E-state index contributed by atoms with van der Waals surface area (Å²) >= 11 is 0. The second kappa shape index (κ2) is 6.87. The van der Waals surface area contributed by atoms with Crippen LogP contribution >= 0.6 is 0 Å². The van der Waals surface area contributed by atoms with Crippen LogP contribution in [0.2, 0.25) is 0 Å². The zero-order valence-corrected chi connectivity index (χ0v) is 13.9. The lowest BCUT2D eigenvalue weighted by molar-refractivity contribution is 0.170. The molecule has 0 aliphatic carbocycles. The predicted octanol–water partition coefficient (Wildman–Crippen LogP) is 0.872. The van der Waals surface area contributed by atoms with E-state index in [9.17, 15) is 8.42 Å². The van der Waals surface area contributed by atoms with Gasteiger partial charge >= 0.3 is 0 Å². The number of nitrogens with one attached hydrogen (secondary N) is 1. The van der Waals surface area contributed by atoms with Gasteiger partial charge < -0.3 is 10.2 Å². The molecule has 1 heterocycles. The van der Waals surface area contributed by atoms with Gasteiger partial charge in [-0.05, 0) is 32.1 Å². The van der Waals surface area contributed by atoms with Gasteiger partial charge in [0.05, 0.1) is 5.75 Å². The lowest BCUT2D eigenvalue weighted by atomic mass is 10.1. The molecule has 1 aromatic carbocycles. The van der Waals surface area contributed by atoms with E-state index in [2.05, 4.69) is 10.2 Å². The van der Waals surface area contributed by atoms with Crippen LogP contribution in [0.4, 0.5) is 0 Å².